The second-order valence-corrected chi connectivity index (χ2v) is 9.95. The highest BCUT2D eigenvalue weighted by molar-refractivity contribution is 14.1. The fraction of sp³-hybridized carbons (Fsp3) is 0.333. The average molecular weight is 541 g/mol. The molecule has 1 fully saturated rings. The van der Waals surface area contributed by atoms with E-state index in [1.807, 2.05) is 6.07 Å². The summed E-state index contributed by atoms with van der Waals surface area (Å²) in [6.45, 7) is 4.69. The molecule has 0 aliphatic carbocycles. The summed E-state index contributed by atoms with van der Waals surface area (Å²) in [5, 5.41) is 17.8. The number of hydrogen-bond donors (Lipinski definition) is 3. The number of aliphatic hydroxyl groups excluding tert-OH is 1. The van der Waals surface area contributed by atoms with Crippen molar-refractivity contribution in [2.24, 2.45) is 5.41 Å². The van der Waals surface area contributed by atoms with Gasteiger partial charge in [-0.05, 0) is 23.6 Å². The van der Waals surface area contributed by atoms with Crippen LogP contribution < -0.4 is 10.6 Å². The van der Waals surface area contributed by atoms with Gasteiger partial charge >= 0.3 is 0 Å². The summed E-state index contributed by atoms with van der Waals surface area (Å²) in [6.07, 6.45) is 0.111. The fourth-order valence-electron chi connectivity index (χ4n) is 4.45. The van der Waals surface area contributed by atoms with Crippen molar-refractivity contribution in [3.63, 3.8) is 0 Å². The third-order valence-corrected chi connectivity index (χ3v) is 7.93. The normalized spacial score (nSPS) is 23.1. The van der Waals surface area contributed by atoms with Gasteiger partial charge in [-0.25, -0.2) is 0 Å². The average Bonchev–Trinajstić information content (AvgIpc) is 2.88. The topological polar surface area (TPSA) is 47.5 Å². The molecule has 4 nitrogen and oxygen atoms in total. The van der Waals surface area contributed by atoms with Crippen LogP contribution in [0.1, 0.15) is 39.9 Å². The zero-order valence-corrected chi connectivity index (χ0v) is 20.7. The Morgan fingerprint density at radius 3 is 1.91 bits per heavy atom. The van der Waals surface area contributed by atoms with Gasteiger partial charge in [0.1, 0.15) is 0 Å². The molecule has 1 heterocycles. The van der Waals surface area contributed by atoms with E-state index in [1.165, 1.54) is 16.7 Å². The van der Waals surface area contributed by atoms with Crippen LogP contribution in [-0.4, -0.2) is 36.2 Å². The van der Waals surface area contributed by atoms with Gasteiger partial charge in [0.25, 0.3) is 0 Å². The Balaban J connectivity index is 1.56. The molecule has 1 aliphatic rings. The third kappa shape index (κ3) is 5.41. The van der Waals surface area contributed by atoms with Crippen LogP contribution in [0.15, 0.2) is 91.0 Å². The van der Waals surface area contributed by atoms with E-state index in [0.29, 0.717) is 0 Å². The summed E-state index contributed by atoms with van der Waals surface area (Å²) in [5.74, 6) is 0. The Morgan fingerprint density at radius 1 is 0.875 bits per heavy atom. The second kappa shape index (κ2) is 10.9. The van der Waals surface area contributed by atoms with E-state index >= 15 is 0 Å². The van der Waals surface area contributed by atoms with Crippen molar-refractivity contribution in [2.45, 2.75) is 23.2 Å². The van der Waals surface area contributed by atoms with Gasteiger partial charge in [0.15, 0.2) is 0 Å². The Kier molecular flexibility index (Phi) is 7.97. The molecule has 32 heavy (non-hydrogen) atoms. The molecular weight excluding hydrogens is 509 g/mol. The van der Waals surface area contributed by atoms with Crippen molar-refractivity contribution in [3.05, 3.63) is 108 Å². The van der Waals surface area contributed by atoms with Gasteiger partial charge in [0.05, 0.1) is 16.8 Å². The molecule has 2 unspecified atom stereocenters. The van der Waals surface area contributed by atoms with E-state index in [0.717, 1.165) is 19.6 Å². The highest BCUT2D eigenvalue weighted by Gasteiger charge is 2.39. The lowest BCUT2D eigenvalue weighted by Gasteiger charge is -2.46. The Hall–Kier alpha value is -1.77. The highest BCUT2D eigenvalue weighted by atomic mass is 127. The van der Waals surface area contributed by atoms with Crippen molar-refractivity contribution >= 4 is 22.6 Å². The lowest BCUT2D eigenvalue weighted by atomic mass is 9.84. The summed E-state index contributed by atoms with van der Waals surface area (Å²) in [4.78, 5) is 2.52. The van der Waals surface area contributed by atoms with Crippen LogP contribution in [0.5, 0.6) is 0 Å². The molecule has 0 bridgehead atoms. The molecule has 3 aromatic carbocycles. The van der Waals surface area contributed by atoms with Crippen LogP contribution in [0.2, 0.25) is 0 Å². The molecule has 3 N–H and O–H groups in total. The molecule has 1 saturated heterocycles. The molecule has 1 aliphatic heterocycles. The number of hydrogen-bond acceptors (Lipinski definition) is 4. The smallest absolute Gasteiger partial charge is 0.0879 e. The van der Waals surface area contributed by atoms with Crippen LogP contribution in [0.4, 0.5) is 0 Å². The number of nitrogens with zero attached hydrogens (tertiary/aromatic N) is 1. The standard InChI is InChI=1S/C27H32IN3O/c1-21(22-11-5-2-6-12-22)31(25(28)23-13-7-3-8-14-23)19-27(20-32)17-29-26(30-18-27)24-15-9-4-10-16-24/h2-16,21,25-26,29-30,32H,17-20H2,1H3. The molecule has 0 amide bonds. The molecule has 5 heteroatoms. The minimum atomic E-state index is -0.271. The number of rotatable bonds is 8. The van der Waals surface area contributed by atoms with E-state index in [9.17, 15) is 5.11 Å². The van der Waals surface area contributed by atoms with Crippen LogP contribution in [-0.2, 0) is 0 Å². The van der Waals surface area contributed by atoms with Crippen LogP contribution in [0.25, 0.3) is 0 Å². The maximum atomic E-state index is 10.5. The van der Waals surface area contributed by atoms with Gasteiger partial charge in [-0.3, -0.25) is 15.5 Å². The second-order valence-electron chi connectivity index (χ2n) is 8.77. The predicted molar refractivity (Wildman–Crippen MR) is 139 cm³/mol. The number of alkyl halides is 1. The summed E-state index contributed by atoms with van der Waals surface area (Å²) in [5.41, 5.74) is 3.52. The molecule has 0 saturated carbocycles. The van der Waals surface area contributed by atoms with Crippen molar-refractivity contribution < 1.29 is 5.11 Å². The Bertz CT molecular complexity index is 901. The predicted octanol–water partition coefficient (Wildman–Crippen LogP) is 5.05. The number of halogens is 1. The van der Waals surface area contributed by atoms with E-state index in [4.69, 9.17) is 0 Å². The molecular formula is C27H32IN3O. The first-order valence-electron chi connectivity index (χ1n) is 11.2. The molecule has 0 spiro atoms. The highest BCUT2D eigenvalue weighted by Crippen LogP contribution is 2.38. The first-order valence-corrected chi connectivity index (χ1v) is 12.5. The molecule has 0 radical (unpaired) electrons. The summed E-state index contributed by atoms with van der Waals surface area (Å²) in [7, 11) is 0. The molecule has 2 atom stereocenters. The van der Waals surface area contributed by atoms with Gasteiger partial charge < -0.3 is 5.11 Å². The van der Waals surface area contributed by atoms with Gasteiger partial charge in [0.2, 0.25) is 0 Å². The summed E-state index contributed by atoms with van der Waals surface area (Å²) >= 11 is 2.55. The first-order chi connectivity index (χ1) is 15.6. The number of nitrogens with one attached hydrogen (secondary N) is 2. The van der Waals surface area contributed by atoms with Gasteiger partial charge in [-0.2, -0.15) is 0 Å². The van der Waals surface area contributed by atoms with Crippen molar-refractivity contribution in [1.29, 1.82) is 0 Å². The minimum Gasteiger partial charge on any atom is -0.396 e. The van der Waals surface area contributed by atoms with Gasteiger partial charge in [-0.15, -0.1) is 0 Å². The van der Waals surface area contributed by atoms with E-state index in [2.05, 4.69) is 130 Å². The largest absolute Gasteiger partial charge is 0.396 e. The van der Waals surface area contributed by atoms with E-state index in [-0.39, 0.29) is 28.3 Å². The minimum absolute atomic E-state index is 0.111. The zero-order chi connectivity index (χ0) is 22.4. The Labute approximate surface area is 205 Å². The molecule has 168 valence electrons. The molecule has 3 aromatic rings. The van der Waals surface area contributed by atoms with Crippen LogP contribution >= 0.6 is 22.6 Å². The maximum Gasteiger partial charge on any atom is 0.0879 e. The third-order valence-electron chi connectivity index (χ3n) is 6.49. The fourth-order valence-corrected chi connectivity index (χ4v) is 5.55. The summed E-state index contributed by atoms with van der Waals surface area (Å²) in [6, 6.07) is 32.0. The van der Waals surface area contributed by atoms with E-state index in [1.54, 1.807) is 0 Å². The zero-order valence-electron chi connectivity index (χ0n) is 18.5. The monoisotopic (exact) mass is 541 g/mol. The van der Waals surface area contributed by atoms with Crippen LogP contribution in [0, 0.1) is 5.41 Å². The number of benzene rings is 3. The summed E-state index contributed by atoms with van der Waals surface area (Å²) < 4.78 is 0.194. The van der Waals surface area contributed by atoms with Crippen molar-refractivity contribution in [3.8, 4) is 0 Å². The molecule has 0 aromatic heterocycles. The van der Waals surface area contributed by atoms with E-state index < -0.39 is 0 Å². The van der Waals surface area contributed by atoms with Crippen molar-refractivity contribution in [1.82, 2.24) is 15.5 Å². The van der Waals surface area contributed by atoms with Gasteiger partial charge in [0, 0.05) is 31.1 Å². The lowest BCUT2D eigenvalue weighted by Crippen LogP contribution is -2.59. The molecule has 4 rings (SSSR count). The van der Waals surface area contributed by atoms with Crippen molar-refractivity contribution in [2.75, 3.05) is 26.2 Å². The maximum absolute atomic E-state index is 10.5. The quantitative estimate of drug-likeness (QED) is 0.212. The Morgan fingerprint density at radius 2 is 1.38 bits per heavy atom. The SMILES string of the molecule is CC(c1ccccc1)N(CC1(CO)CNC(c2ccccc2)NC1)C(I)c1ccccc1. The number of aliphatic hydroxyl groups is 1. The van der Waals surface area contributed by atoms with Gasteiger partial charge in [-0.1, -0.05) is 114 Å². The van der Waals surface area contributed by atoms with Crippen LogP contribution in [0.3, 0.4) is 0 Å². The lowest BCUT2D eigenvalue weighted by molar-refractivity contribution is 0.0301. The first kappa shape index (κ1) is 23.4.